The number of hydrogen-bond donors (Lipinski definition) is 2. The summed E-state index contributed by atoms with van der Waals surface area (Å²) >= 11 is 0. The van der Waals surface area contributed by atoms with E-state index in [1.807, 2.05) is 0 Å². The van der Waals surface area contributed by atoms with Crippen molar-refractivity contribution in [2.75, 3.05) is 6.61 Å². The lowest BCUT2D eigenvalue weighted by molar-refractivity contribution is -0.162. The number of carbonyl (C=O) groups excluding carboxylic acids is 1. The third-order valence-corrected chi connectivity index (χ3v) is 8.94. The molecule has 4 saturated carbocycles. The lowest BCUT2D eigenvalue weighted by Crippen LogP contribution is -2.57. The molecule has 2 N–H and O–H groups in total. The van der Waals surface area contributed by atoms with E-state index in [2.05, 4.69) is 13.8 Å². The number of fused-ring (bicyclic) bond motifs is 5. The van der Waals surface area contributed by atoms with Crippen molar-refractivity contribution in [2.45, 2.75) is 71.3 Å². The van der Waals surface area contributed by atoms with Crippen LogP contribution in [0.5, 0.6) is 0 Å². The van der Waals surface area contributed by atoms with Gasteiger partial charge in [0.1, 0.15) is 5.78 Å². The molecule has 3 heteroatoms. The molecule has 0 heterocycles. The molecule has 0 spiro atoms. The summed E-state index contributed by atoms with van der Waals surface area (Å²) in [6.45, 7) is 4.88. The topological polar surface area (TPSA) is 57.5 Å². The molecule has 0 aliphatic heterocycles. The molecular weight excluding hydrogens is 288 g/mol. The van der Waals surface area contributed by atoms with Gasteiger partial charge in [0, 0.05) is 6.42 Å². The molecular formula is C20H32O3. The second-order valence-electron chi connectivity index (χ2n) is 9.36. The van der Waals surface area contributed by atoms with E-state index >= 15 is 0 Å². The average molecular weight is 320 g/mol. The Bertz CT molecular complexity index is 503. The van der Waals surface area contributed by atoms with Crippen molar-refractivity contribution in [3.05, 3.63) is 0 Å². The molecule has 0 saturated heterocycles. The van der Waals surface area contributed by atoms with E-state index in [0.717, 1.165) is 32.1 Å². The second-order valence-corrected chi connectivity index (χ2v) is 9.36. The van der Waals surface area contributed by atoms with Gasteiger partial charge in [-0.3, -0.25) is 4.79 Å². The molecule has 0 aromatic carbocycles. The predicted molar refractivity (Wildman–Crippen MR) is 88.7 cm³/mol. The fraction of sp³-hybridized carbons (Fsp3) is 0.950. The third kappa shape index (κ3) is 1.99. The number of carbonyl (C=O) groups is 1. The lowest BCUT2D eigenvalue weighted by Gasteiger charge is -2.62. The first-order valence-electron chi connectivity index (χ1n) is 9.75. The number of aliphatic hydroxyl groups is 2. The Labute approximate surface area is 139 Å². The van der Waals surface area contributed by atoms with Gasteiger partial charge in [0.05, 0.1) is 18.1 Å². The number of hydrogen-bond acceptors (Lipinski definition) is 3. The fourth-order valence-electron chi connectivity index (χ4n) is 7.57. The van der Waals surface area contributed by atoms with E-state index in [1.165, 1.54) is 12.8 Å². The van der Waals surface area contributed by atoms with Crippen molar-refractivity contribution in [1.82, 2.24) is 0 Å². The number of rotatable bonds is 1. The van der Waals surface area contributed by atoms with Gasteiger partial charge in [0.2, 0.25) is 0 Å². The zero-order valence-electron chi connectivity index (χ0n) is 14.6. The van der Waals surface area contributed by atoms with Crippen LogP contribution in [0.4, 0.5) is 0 Å². The highest BCUT2D eigenvalue weighted by molar-refractivity contribution is 5.87. The predicted octanol–water partition coefficient (Wildman–Crippen LogP) is 3.18. The third-order valence-electron chi connectivity index (χ3n) is 8.94. The lowest BCUT2D eigenvalue weighted by atomic mass is 9.43. The van der Waals surface area contributed by atoms with Crippen LogP contribution in [0.15, 0.2) is 0 Å². The molecule has 4 aliphatic rings. The van der Waals surface area contributed by atoms with E-state index in [9.17, 15) is 15.0 Å². The minimum Gasteiger partial charge on any atom is -0.395 e. The maximum Gasteiger partial charge on any atom is 0.141 e. The van der Waals surface area contributed by atoms with Gasteiger partial charge < -0.3 is 10.2 Å². The molecule has 0 bridgehead atoms. The molecule has 4 fully saturated rings. The molecule has 0 aromatic rings. The first kappa shape index (κ1) is 16.1. The maximum absolute atomic E-state index is 12.5. The molecule has 4 rings (SSSR count). The van der Waals surface area contributed by atoms with Crippen molar-refractivity contribution in [3.8, 4) is 0 Å². The van der Waals surface area contributed by atoms with E-state index in [1.54, 1.807) is 0 Å². The van der Waals surface area contributed by atoms with Gasteiger partial charge in [-0.05, 0) is 80.0 Å². The Morgan fingerprint density at radius 1 is 1.13 bits per heavy atom. The van der Waals surface area contributed by atoms with Gasteiger partial charge in [-0.15, -0.1) is 0 Å². The Morgan fingerprint density at radius 2 is 1.91 bits per heavy atom. The Morgan fingerprint density at radius 3 is 2.65 bits per heavy atom. The number of ketones is 1. The van der Waals surface area contributed by atoms with Gasteiger partial charge in [-0.2, -0.15) is 0 Å². The van der Waals surface area contributed by atoms with E-state index in [0.29, 0.717) is 47.2 Å². The van der Waals surface area contributed by atoms with Crippen LogP contribution in [-0.4, -0.2) is 28.7 Å². The summed E-state index contributed by atoms with van der Waals surface area (Å²) in [5.41, 5.74) is -0.0861. The first-order valence-corrected chi connectivity index (χ1v) is 9.75. The SMILES string of the molecule is C[C@H]1C[C@H](O)C[C@@H]2CC[C@H]3[C@@H]4CCC(=O)[C@@]4(CO)CC[C@@H]3[C@]21C. The first-order chi connectivity index (χ1) is 10.9. The van der Waals surface area contributed by atoms with Crippen molar-refractivity contribution in [2.24, 2.45) is 40.4 Å². The maximum atomic E-state index is 12.5. The summed E-state index contributed by atoms with van der Waals surface area (Å²) in [4.78, 5) is 12.5. The van der Waals surface area contributed by atoms with Gasteiger partial charge >= 0.3 is 0 Å². The van der Waals surface area contributed by atoms with Crippen LogP contribution < -0.4 is 0 Å². The molecule has 0 unspecified atom stereocenters. The summed E-state index contributed by atoms with van der Waals surface area (Å²) < 4.78 is 0. The van der Waals surface area contributed by atoms with Crippen LogP contribution in [0.3, 0.4) is 0 Å². The van der Waals surface area contributed by atoms with E-state index in [4.69, 9.17) is 0 Å². The molecule has 0 aromatic heterocycles. The molecule has 130 valence electrons. The summed E-state index contributed by atoms with van der Waals surface area (Å²) in [6, 6.07) is 0. The van der Waals surface area contributed by atoms with Crippen LogP contribution in [0.2, 0.25) is 0 Å². The van der Waals surface area contributed by atoms with Crippen molar-refractivity contribution >= 4 is 5.78 Å². The van der Waals surface area contributed by atoms with Crippen LogP contribution in [0, 0.1) is 40.4 Å². The quantitative estimate of drug-likeness (QED) is 0.780. The molecule has 8 atom stereocenters. The molecule has 3 nitrogen and oxygen atoms in total. The minimum atomic E-state index is -0.401. The van der Waals surface area contributed by atoms with Crippen LogP contribution in [0.25, 0.3) is 0 Å². The molecule has 23 heavy (non-hydrogen) atoms. The average Bonchev–Trinajstić information content (AvgIpc) is 2.86. The summed E-state index contributed by atoms with van der Waals surface area (Å²) in [5, 5.41) is 20.3. The Kier molecular flexibility index (Phi) is 3.70. The highest BCUT2D eigenvalue weighted by Crippen LogP contribution is 2.66. The smallest absolute Gasteiger partial charge is 0.141 e. The normalized spacial score (nSPS) is 55.9. The van der Waals surface area contributed by atoms with Gasteiger partial charge in [0.15, 0.2) is 0 Å². The number of aliphatic hydroxyl groups excluding tert-OH is 2. The van der Waals surface area contributed by atoms with Gasteiger partial charge in [-0.1, -0.05) is 13.8 Å². The minimum absolute atomic E-state index is 0.0636. The highest BCUT2D eigenvalue weighted by atomic mass is 16.3. The van der Waals surface area contributed by atoms with Crippen molar-refractivity contribution in [1.29, 1.82) is 0 Å². The Hall–Kier alpha value is -0.410. The fourth-order valence-corrected chi connectivity index (χ4v) is 7.57. The zero-order valence-corrected chi connectivity index (χ0v) is 14.6. The van der Waals surface area contributed by atoms with Crippen LogP contribution in [0.1, 0.15) is 65.2 Å². The second kappa shape index (κ2) is 5.29. The zero-order chi connectivity index (χ0) is 16.4. The largest absolute Gasteiger partial charge is 0.395 e. The van der Waals surface area contributed by atoms with Crippen molar-refractivity contribution < 1.29 is 15.0 Å². The van der Waals surface area contributed by atoms with Crippen molar-refractivity contribution in [3.63, 3.8) is 0 Å². The van der Waals surface area contributed by atoms with Crippen LogP contribution in [-0.2, 0) is 4.79 Å². The summed E-state index contributed by atoms with van der Waals surface area (Å²) in [6.07, 6.45) is 7.86. The molecule has 0 radical (unpaired) electrons. The van der Waals surface area contributed by atoms with E-state index in [-0.39, 0.29) is 12.7 Å². The molecule has 0 amide bonds. The van der Waals surface area contributed by atoms with E-state index < -0.39 is 5.41 Å². The number of Topliss-reactive ketones (excluding diaryl/α,β-unsaturated/α-hetero) is 1. The molecule has 4 aliphatic carbocycles. The monoisotopic (exact) mass is 320 g/mol. The van der Waals surface area contributed by atoms with Crippen LogP contribution >= 0.6 is 0 Å². The summed E-state index contributed by atoms with van der Waals surface area (Å²) in [5.74, 6) is 3.24. The highest BCUT2D eigenvalue weighted by Gasteiger charge is 2.62. The van der Waals surface area contributed by atoms with Gasteiger partial charge in [0.25, 0.3) is 0 Å². The standard InChI is InChI=1S/C20H32O3/c1-12-9-14(22)10-13-3-4-15-16(19(12,13)2)7-8-20(11-21)17(15)5-6-18(20)23/h12-17,21-22H,3-11H2,1-2H3/t12-,13-,14-,15+,16-,17-,19-,20+/m0/s1. The summed E-state index contributed by atoms with van der Waals surface area (Å²) in [7, 11) is 0. The van der Waals surface area contributed by atoms with Gasteiger partial charge in [-0.25, -0.2) is 0 Å². The Balaban J connectivity index is 1.68.